The molecule has 1 heterocycles. The van der Waals surface area contributed by atoms with Gasteiger partial charge >= 0.3 is 0 Å². The molecule has 5 nitrogen and oxygen atoms in total. The highest BCUT2D eigenvalue weighted by atomic mass is 32.2. The fraction of sp³-hybridized carbons (Fsp3) is 1.00. The van der Waals surface area contributed by atoms with E-state index in [1.54, 1.807) is 0 Å². The van der Waals surface area contributed by atoms with Crippen LogP contribution in [0.25, 0.3) is 0 Å². The largest absolute Gasteiger partial charge is 0.377 e. The predicted octanol–water partition coefficient (Wildman–Crippen LogP) is -0.0613. The van der Waals surface area contributed by atoms with Crippen molar-refractivity contribution in [3.8, 4) is 0 Å². The molecular formula is C11H22N2O3S. The molecule has 1 saturated carbocycles. The van der Waals surface area contributed by atoms with Gasteiger partial charge in [0.2, 0.25) is 10.0 Å². The van der Waals surface area contributed by atoms with E-state index in [9.17, 15) is 8.42 Å². The number of nitrogens with one attached hydrogen (secondary N) is 2. The number of ether oxygens (including phenoxy) is 1. The maximum Gasteiger partial charge on any atom is 0.212 e. The molecule has 2 aliphatic rings. The summed E-state index contributed by atoms with van der Waals surface area (Å²) in [6.07, 6.45) is 1.44. The normalized spacial score (nSPS) is 35.4. The zero-order chi connectivity index (χ0) is 12.7. The smallest absolute Gasteiger partial charge is 0.212 e. The highest BCUT2D eigenvalue weighted by Gasteiger charge is 2.58. The molecule has 3 atom stereocenters. The summed E-state index contributed by atoms with van der Waals surface area (Å²) in [5.74, 6) is 0.691. The van der Waals surface area contributed by atoms with Gasteiger partial charge in [-0.15, -0.1) is 0 Å². The molecule has 3 unspecified atom stereocenters. The van der Waals surface area contributed by atoms with E-state index in [2.05, 4.69) is 23.9 Å². The summed E-state index contributed by atoms with van der Waals surface area (Å²) in [4.78, 5) is 0. The van der Waals surface area contributed by atoms with E-state index in [1.165, 1.54) is 7.05 Å². The van der Waals surface area contributed by atoms with Crippen molar-refractivity contribution >= 4 is 10.0 Å². The van der Waals surface area contributed by atoms with Crippen LogP contribution in [0.2, 0.25) is 0 Å². The molecule has 0 radical (unpaired) electrons. The fourth-order valence-corrected chi connectivity index (χ4v) is 3.78. The van der Waals surface area contributed by atoms with Gasteiger partial charge in [-0.05, 0) is 13.5 Å². The lowest BCUT2D eigenvalue weighted by atomic mass is 9.57. The molecule has 2 rings (SSSR count). The van der Waals surface area contributed by atoms with E-state index in [4.69, 9.17) is 4.74 Å². The number of hydrogen-bond donors (Lipinski definition) is 2. The summed E-state index contributed by atoms with van der Waals surface area (Å²) in [5.41, 5.74) is 0.116. The third-order valence-corrected chi connectivity index (χ3v) is 5.51. The molecule has 2 fully saturated rings. The molecule has 1 aliphatic heterocycles. The van der Waals surface area contributed by atoms with Crippen LogP contribution >= 0.6 is 0 Å². The molecular weight excluding hydrogens is 240 g/mol. The Labute approximate surface area is 103 Å². The molecule has 0 aromatic carbocycles. The van der Waals surface area contributed by atoms with Crippen LogP contribution in [-0.4, -0.2) is 46.5 Å². The molecule has 0 amide bonds. The van der Waals surface area contributed by atoms with Crippen molar-refractivity contribution in [1.29, 1.82) is 0 Å². The predicted molar refractivity (Wildman–Crippen MR) is 66.3 cm³/mol. The standard InChI is InChI=1S/C11H22N2O3S/c1-11(2)9(8-4-6-16-10(8)11)13-5-7-17(14,15)12-3/h8-10,12-13H,4-7H2,1-3H3. The number of sulfonamides is 1. The van der Waals surface area contributed by atoms with Crippen molar-refractivity contribution < 1.29 is 13.2 Å². The SMILES string of the molecule is CNS(=O)(=O)CCNC1C2CCOC2C1(C)C. The Bertz CT molecular complexity index is 380. The van der Waals surface area contributed by atoms with Crippen molar-refractivity contribution in [3.63, 3.8) is 0 Å². The Morgan fingerprint density at radius 2 is 2.12 bits per heavy atom. The summed E-state index contributed by atoms with van der Waals surface area (Å²) in [6, 6.07) is 0.377. The van der Waals surface area contributed by atoms with Crippen LogP contribution in [0.15, 0.2) is 0 Å². The van der Waals surface area contributed by atoms with Crippen LogP contribution in [0.5, 0.6) is 0 Å². The minimum atomic E-state index is -3.10. The first-order valence-corrected chi connectivity index (χ1v) is 7.80. The maximum absolute atomic E-state index is 11.3. The van der Waals surface area contributed by atoms with Gasteiger partial charge in [-0.1, -0.05) is 13.8 Å². The van der Waals surface area contributed by atoms with Gasteiger partial charge in [-0.25, -0.2) is 13.1 Å². The van der Waals surface area contributed by atoms with Crippen LogP contribution < -0.4 is 10.0 Å². The Hall–Kier alpha value is -0.170. The third kappa shape index (κ3) is 2.36. The number of fused-ring (bicyclic) bond motifs is 1. The number of rotatable bonds is 5. The van der Waals surface area contributed by atoms with E-state index < -0.39 is 10.0 Å². The second-order valence-electron chi connectivity index (χ2n) is 5.52. The van der Waals surface area contributed by atoms with Crippen molar-refractivity contribution in [1.82, 2.24) is 10.0 Å². The van der Waals surface area contributed by atoms with Crippen LogP contribution in [-0.2, 0) is 14.8 Å². The minimum Gasteiger partial charge on any atom is -0.377 e. The van der Waals surface area contributed by atoms with E-state index in [-0.39, 0.29) is 11.2 Å². The molecule has 1 aliphatic carbocycles. The van der Waals surface area contributed by atoms with Gasteiger partial charge in [-0.2, -0.15) is 0 Å². The third-order valence-electron chi connectivity index (χ3n) is 4.15. The molecule has 17 heavy (non-hydrogen) atoms. The highest BCUT2D eigenvalue weighted by Crippen LogP contribution is 2.51. The molecule has 0 aromatic heterocycles. The second-order valence-corrected chi connectivity index (χ2v) is 7.57. The van der Waals surface area contributed by atoms with E-state index in [0.717, 1.165) is 13.0 Å². The van der Waals surface area contributed by atoms with Crippen LogP contribution in [0.1, 0.15) is 20.3 Å². The Balaban J connectivity index is 1.84. The molecule has 0 bridgehead atoms. The molecule has 6 heteroatoms. The quantitative estimate of drug-likeness (QED) is 0.728. The van der Waals surface area contributed by atoms with Gasteiger partial charge < -0.3 is 10.1 Å². The molecule has 2 N–H and O–H groups in total. The lowest BCUT2D eigenvalue weighted by Gasteiger charge is -2.55. The fourth-order valence-electron chi connectivity index (χ4n) is 3.19. The van der Waals surface area contributed by atoms with Crippen LogP contribution in [0, 0.1) is 11.3 Å². The summed E-state index contributed by atoms with van der Waals surface area (Å²) in [5, 5.41) is 3.37. The lowest BCUT2D eigenvalue weighted by Crippen LogP contribution is -2.66. The van der Waals surface area contributed by atoms with Crippen molar-refractivity contribution in [2.45, 2.75) is 32.4 Å². The molecule has 100 valence electrons. The summed E-state index contributed by atoms with van der Waals surface area (Å²) in [6.45, 7) is 5.71. The summed E-state index contributed by atoms with van der Waals surface area (Å²) < 4.78 is 30.6. The van der Waals surface area contributed by atoms with Gasteiger partial charge in [0.25, 0.3) is 0 Å². The van der Waals surface area contributed by atoms with E-state index >= 15 is 0 Å². The summed E-state index contributed by atoms with van der Waals surface area (Å²) in [7, 11) is -1.65. The monoisotopic (exact) mass is 262 g/mol. The maximum atomic E-state index is 11.3. The van der Waals surface area contributed by atoms with E-state index in [1.807, 2.05) is 0 Å². The van der Waals surface area contributed by atoms with Crippen LogP contribution in [0.3, 0.4) is 0 Å². The first kappa shape index (κ1) is 13.3. The molecule has 1 saturated heterocycles. The zero-order valence-electron chi connectivity index (χ0n) is 10.7. The van der Waals surface area contributed by atoms with Gasteiger partial charge in [0.05, 0.1) is 11.9 Å². The zero-order valence-corrected chi connectivity index (χ0v) is 11.5. The number of hydrogen-bond acceptors (Lipinski definition) is 4. The first-order valence-electron chi connectivity index (χ1n) is 6.15. The Kier molecular flexibility index (Phi) is 3.51. The van der Waals surface area contributed by atoms with Gasteiger partial charge in [0.15, 0.2) is 0 Å². The summed E-state index contributed by atoms with van der Waals surface area (Å²) >= 11 is 0. The topological polar surface area (TPSA) is 67.4 Å². The highest BCUT2D eigenvalue weighted by molar-refractivity contribution is 7.89. The van der Waals surface area contributed by atoms with Crippen molar-refractivity contribution in [2.24, 2.45) is 11.3 Å². The Morgan fingerprint density at radius 3 is 2.76 bits per heavy atom. The average Bonchev–Trinajstić information content (AvgIpc) is 2.71. The van der Waals surface area contributed by atoms with Crippen LogP contribution in [0.4, 0.5) is 0 Å². The van der Waals surface area contributed by atoms with Gasteiger partial charge in [-0.3, -0.25) is 0 Å². The minimum absolute atomic E-state index is 0.116. The molecule has 0 aromatic rings. The van der Waals surface area contributed by atoms with Gasteiger partial charge in [0.1, 0.15) is 0 Å². The van der Waals surface area contributed by atoms with Gasteiger partial charge in [0, 0.05) is 30.5 Å². The van der Waals surface area contributed by atoms with Crippen molar-refractivity contribution in [3.05, 3.63) is 0 Å². The first-order chi connectivity index (χ1) is 7.88. The average molecular weight is 262 g/mol. The van der Waals surface area contributed by atoms with E-state index in [0.29, 0.717) is 24.6 Å². The lowest BCUT2D eigenvalue weighted by molar-refractivity contribution is -0.111. The molecule has 0 spiro atoms. The second kappa shape index (κ2) is 4.50. The Morgan fingerprint density at radius 1 is 1.41 bits per heavy atom. The van der Waals surface area contributed by atoms with Crippen molar-refractivity contribution in [2.75, 3.05) is 26.0 Å².